The molecule has 2 aromatic carbocycles. The molecule has 1 aliphatic heterocycles. The number of ether oxygens (including phenoxy) is 1. The number of anilines is 2. The fourth-order valence-electron chi connectivity index (χ4n) is 3.54. The number of rotatable bonds is 2. The van der Waals surface area contributed by atoms with Crippen LogP contribution in [0.4, 0.5) is 11.4 Å². The number of amidine groups is 1. The molecule has 2 aromatic rings. The SMILES string of the molecule is Cc1cc(N2C(=S)N(c3ccc(O)cc3)C(C)(C)C2=NC(=S)OC(C)(C)C)ccc1C#N. The molecule has 0 atom stereocenters. The van der Waals surface area contributed by atoms with Crippen LogP contribution < -0.4 is 9.80 Å². The zero-order chi connectivity index (χ0) is 23.8. The van der Waals surface area contributed by atoms with Gasteiger partial charge in [0.25, 0.3) is 5.17 Å². The van der Waals surface area contributed by atoms with Crippen molar-refractivity contribution in [3.05, 3.63) is 53.6 Å². The molecule has 0 unspecified atom stereocenters. The molecule has 6 nitrogen and oxygen atoms in total. The maximum Gasteiger partial charge on any atom is 0.285 e. The summed E-state index contributed by atoms with van der Waals surface area (Å²) in [6.07, 6.45) is 0. The molecule has 1 aliphatic rings. The summed E-state index contributed by atoms with van der Waals surface area (Å²) >= 11 is 11.4. The lowest BCUT2D eigenvalue weighted by molar-refractivity contribution is 0.119. The fourth-order valence-corrected chi connectivity index (χ4v) is 4.40. The topological polar surface area (TPSA) is 72.1 Å². The van der Waals surface area contributed by atoms with E-state index in [-0.39, 0.29) is 10.9 Å². The molecule has 0 aromatic heterocycles. The fraction of sp³-hybridized carbons (Fsp3) is 0.333. The van der Waals surface area contributed by atoms with E-state index in [1.165, 1.54) is 0 Å². The highest BCUT2D eigenvalue weighted by Gasteiger charge is 2.48. The third kappa shape index (κ3) is 4.59. The van der Waals surface area contributed by atoms with Crippen LogP contribution in [0.15, 0.2) is 47.5 Å². The molecule has 0 saturated carbocycles. The smallest absolute Gasteiger partial charge is 0.285 e. The van der Waals surface area contributed by atoms with Crippen LogP contribution in [0.5, 0.6) is 5.75 Å². The van der Waals surface area contributed by atoms with Gasteiger partial charge in [-0.05, 0) is 114 Å². The number of nitriles is 1. The van der Waals surface area contributed by atoms with Crippen molar-refractivity contribution in [2.75, 3.05) is 9.80 Å². The predicted molar refractivity (Wildman–Crippen MR) is 137 cm³/mol. The van der Waals surface area contributed by atoms with Gasteiger partial charge in [-0.3, -0.25) is 4.90 Å². The van der Waals surface area contributed by atoms with Crippen LogP contribution in [-0.2, 0) is 4.74 Å². The molecule has 32 heavy (non-hydrogen) atoms. The van der Waals surface area contributed by atoms with Gasteiger partial charge < -0.3 is 14.7 Å². The van der Waals surface area contributed by atoms with Crippen molar-refractivity contribution < 1.29 is 9.84 Å². The molecule has 8 heteroatoms. The minimum atomic E-state index is -0.679. The van der Waals surface area contributed by atoms with Crippen LogP contribution in [0.25, 0.3) is 0 Å². The van der Waals surface area contributed by atoms with Crippen LogP contribution >= 0.6 is 24.4 Å². The highest BCUT2D eigenvalue weighted by atomic mass is 32.1. The van der Waals surface area contributed by atoms with Gasteiger partial charge in [-0.25, -0.2) is 0 Å². The van der Waals surface area contributed by atoms with E-state index in [9.17, 15) is 10.4 Å². The van der Waals surface area contributed by atoms with Crippen molar-refractivity contribution in [1.29, 1.82) is 5.26 Å². The van der Waals surface area contributed by atoms with Crippen LogP contribution in [0.2, 0.25) is 0 Å². The minimum Gasteiger partial charge on any atom is -0.508 e. The summed E-state index contributed by atoms with van der Waals surface area (Å²) in [5.74, 6) is 0.777. The van der Waals surface area contributed by atoms with Crippen molar-refractivity contribution in [2.24, 2.45) is 4.99 Å². The molecule has 1 N–H and O–H groups in total. The van der Waals surface area contributed by atoms with Gasteiger partial charge in [0.2, 0.25) is 0 Å². The van der Waals surface area contributed by atoms with Crippen LogP contribution in [0.1, 0.15) is 45.7 Å². The van der Waals surface area contributed by atoms with Gasteiger partial charge in [-0.1, -0.05) is 0 Å². The Morgan fingerprint density at radius 1 is 1.12 bits per heavy atom. The Bertz CT molecular complexity index is 1140. The third-order valence-electron chi connectivity index (χ3n) is 4.99. The van der Waals surface area contributed by atoms with Crippen molar-refractivity contribution in [1.82, 2.24) is 0 Å². The van der Waals surface area contributed by atoms with E-state index in [0.29, 0.717) is 16.5 Å². The standard InChI is InChI=1S/C24H26N4O2S2/c1-15-13-18(8-7-16(15)14-25)27-20(26-21(31)30-23(2,3)4)24(5,6)28(22(27)32)17-9-11-19(29)12-10-17/h7-13,29H,1-6H3. The molecule has 166 valence electrons. The van der Waals surface area contributed by atoms with Crippen molar-refractivity contribution in [2.45, 2.75) is 52.7 Å². The summed E-state index contributed by atoms with van der Waals surface area (Å²) < 4.78 is 5.81. The number of phenols is 1. The molecule has 3 rings (SSSR count). The second-order valence-electron chi connectivity index (χ2n) is 9.06. The van der Waals surface area contributed by atoms with E-state index >= 15 is 0 Å². The Labute approximate surface area is 199 Å². The van der Waals surface area contributed by atoms with Crippen LogP contribution in [0, 0.1) is 18.3 Å². The van der Waals surface area contributed by atoms with Crippen LogP contribution in [-0.4, -0.2) is 32.4 Å². The minimum absolute atomic E-state index is 0.117. The Hall–Kier alpha value is -3.02. The first-order chi connectivity index (χ1) is 14.8. The lowest BCUT2D eigenvalue weighted by atomic mass is 10.0. The van der Waals surface area contributed by atoms with Gasteiger partial charge in [-0.2, -0.15) is 10.3 Å². The number of hydrogen-bond acceptors (Lipinski definition) is 5. The molecule has 0 bridgehead atoms. The van der Waals surface area contributed by atoms with Gasteiger partial charge >= 0.3 is 0 Å². The summed E-state index contributed by atoms with van der Waals surface area (Å²) in [7, 11) is 0. The first kappa shape index (κ1) is 23.6. The zero-order valence-electron chi connectivity index (χ0n) is 19.0. The number of hydrogen-bond donors (Lipinski definition) is 1. The average Bonchev–Trinajstić information content (AvgIpc) is 2.86. The Morgan fingerprint density at radius 3 is 2.25 bits per heavy atom. The normalized spacial score (nSPS) is 16.9. The van der Waals surface area contributed by atoms with Crippen LogP contribution in [0.3, 0.4) is 0 Å². The number of nitrogens with zero attached hydrogens (tertiary/aromatic N) is 4. The lowest BCUT2D eigenvalue weighted by Gasteiger charge is -2.31. The highest BCUT2D eigenvalue weighted by Crippen LogP contribution is 2.38. The Kier molecular flexibility index (Phi) is 6.27. The molecular weight excluding hydrogens is 440 g/mol. The van der Waals surface area contributed by atoms with Gasteiger partial charge in [-0.15, -0.1) is 0 Å². The summed E-state index contributed by atoms with van der Waals surface area (Å²) in [4.78, 5) is 8.52. The van der Waals surface area contributed by atoms with E-state index in [0.717, 1.165) is 16.9 Å². The summed E-state index contributed by atoms with van der Waals surface area (Å²) in [5.41, 5.74) is 1.84. The molecule has 0 aliphatic carbocycles. The second kappa shape index (κ2) is 8.49. The largest absolute Gasteiger partial charge is 0.508 e. The van der Waals surface area contributed by atoms with Crippen molar-refractivity contribution in [3.63, 3.8) is 0 Å². The molecule has 1 heterocycles. The monoisotopic (exact) mass is 466 g/mol. The maximum atomic E-state index is 9.74. The van der Waals surface area contributed by atoms with Gasteiger partial charge in [0.1, 0.15) is 22.7 Å². The Balaban J connectivity index is 2.18. The summed E-state index contributed by atoms with van der Waals surface area (Å²) in [6.45, 7) is 11.6. The first-order valence-corrected chi connectivity index (χ1v) is 10.9. The van der Waals surface area contributed by atoms with E-state index in [4.69, 9.17) is 34.2 Å². The molecule has 1 saturated heterocycles. The van der Waals surface area contributed by atoms with Crippen molar-refractivity contribution in [3.8, 4) is 11.8 Å². The van der Waals surface area contributed by atoms with Crippen molar-refractivity contribution >= 4 is 51.9 Å². The quantitative estimate of drug-likeness (QED) is 0.589. The number of benzene rings is 2. The molecule has 0 amide bonds. The van der Waals surface area contributed by atoms with Gasteiger partial charge in [0.05, 0.1) is 11.6 Å². The molecular formula is C24H26N4O2S2. The number of aryl methyl sites for hydroxylation is 1. The zero-order valence-corrected chi connectivity index (χ0v) is 20.6. The first-order valence-electron chi connectivity index (χ1n) is 10.1. The number of thiocarbonyl (C=S) groups is 2. The van der Waals surface area contributed by atoms with E-state index in [1.807, 2.05) is 63.5 Å². The number of aliphatic imine (C=N–C) groups is 1. The summed E-state index contributed by atoms with van der Waals surface area (Å²) in [5, 5.41) is 19.7. The van der Waals surface area contributed by atoms with E-state index < -0.39 is 11.1 Å². The molecule has 0 spiro atoms. The maximum absolute atomic E-state index is 9.74. The second-order valence-corrected chi connectivity index (χ2v) is 9.77. The highest BCUT2D eigenvalue weighted by molar-refractivity contribution is 7.81. The van der Waals surface area contributed by atoms with E-state index in [2.05, 4.69) is 6.07 Å². The third-order valence-corrected chi connectivity index (χ3v) is 5.53. The lowest BCUT2D eigenvalue weighted by Crippen LogP contribution is -2.45. The average molecular weight is 467 g/mol. The summed E-state index contributed by atoms with van der Waals surface area (Å²) in [6, 6.07) is 14.6. The van der Waals surface area contributed by atoms with Gasteiger partial charge in [0, 0.05) is 11.4 Å². The van der Waals surface area contributed by atoms with Gasteiger partial charge in [0.15, 0.2) is 5.11 Å². The molecule has 0 radical (unpaired) electrons. The Morgan fingerprint density at radius 2 is 1.72 bits per heavy atom. The number of aromatic hydroxyl groups is 1. The number of phenolic OH excluding ortho intramolecular Hbond substituents is 1. The predicted octanol–water partition coefficient (Wildman–Crippen LogP) is 5.46. The van der Waals surface area contributed by atoms with E-state index in [1.54, 1.807) is 30.3 Å². The molecule has 1 fully saturated rings.